The lowest BCUT2D eigenvalue weighted by Crippen LogP contribution is -2.50. The molecule has 0 spiro atoms. The van der Waals surface area contributed by atoms with Gasteiger partial charge >= 0.3 is 6.09 Å². The largest absolute Gasteiger partial charge is 0.453 e. The Bertz CT molecular complexity index is 1960. The van der Waals surface area contributed by atoms with Crippen LogP contribution in [0.1, 0.15) is 73.4 Å². The summed E-state index contributed by atoms with van der Waals surface area (Å²) in [6.45, 7) is 11.9. The summed E-state index contributed by atoms with van der Waals surface area (Å²) in [5.41, 5.74) is 1.43. The van der Waals surface area contributed by atoms with Gasteiger partial charge in [0.05, 0.1) is 29.5 Å². The molecule has 3 aromatic carbocycles. The number of nitrogens with zero attached hydrogens (tertiary/aromatic N) is 2. The first kappa shape index (κ1) is 43.3. The number of methoxy groups -OCH3 is 1. The Balaban J connectivity index is 1.70. The van der Waals surface area contributed by atoms with Gasteiger partial charge in [-0.2, -0.15) is 4.31 Å². The maximum Gasteiger partial charge on any atom is 0.407 e. The summed E-state index contributed by atoms with van der Waals surface area (Å²) in [7, 11) is -5.57. The minimum absolute atomic E-state index is 0.0561. The molecule has 296 valence electrons. The monoisotopic (exact) mass is 808 g/mol. The maximum absolute atomic E-state index is 14.4. The van der Waals surface area contributed by atoms with Crippen LogP contribution in [0.2, 0.25) is 18.1 Å². The second-order valence-corrected chi connectivity index (χ2v) is 22.7. The molecule has 2 atom stereocenters. The Morgan fingerprint density at radius 1 is 0.945 bits per heavy atom. The summed E-state index contributed by atoms with van der Waals surface area (Å²) in [5, 5.41) is 16.6. The van der Waals surface area contributed by atoms with E-state index in [1.54, 1.807) is 0 Å². The van der Waals surface area contributed by atoms with E-state index in [1.807, 2.05) is 114 Å². The molecule has 0 aliphatic carbocycles. The second kappa shape index (κ2) is 18.5. The number of ether oxygens (including phenoxy) is 1. The molecular formula is C40H52N4O8S2Si. The standard InChI is InChI=1S/C40H52N4O8S2Si/c1-28(2)27-43(54(49,50)33-21-18-31(19-22-33)44(47)48)34(24-25-40(3,4)55(6,7)51)35-23-20-32(53-35)26-41-38(45)37(42-39(46)52-5)36(29-14-10-8-11-15-29)30-16-12-9-13-17-30/h8-23,28,34,36-37,51H,24-27H2,1-7H3,(H,41,45)(H,42,46)/t34-,37?/m1/s1. The zero-order chi connectivity index (χ0) is 40.6. The van der Waals surface area contributed by atoms with E-state index in [2.05, 4.69) is 10.6 Å². The number of hydrogen-bond donors (Lipinski definition) is 3. The number of benzene rings is 3. The van der Waals surface area contributed by atoms with Crippen molar-refractivity contribution in [1.82, 2.24) is 14.9 Å². The van der Waals surface area contributed by atoms with Gasteiger partial charge in [-0.25, -0.2) is 13.2 Å². The zero-order valence-electron chi connectivity index (χ0n) is 32.4. The molecule has 55 heavy (non-hydrogen) atoms. The molecule has 4 rings (SSSR count). The van der Waals surface area contributed by atoms with E-state index in [9.17, 15) is 32.9 Å². The molecule has 0 bridgehead atoms. The zero-order valence-corrected chi connectivity index (χ0v) is 35.0. The number of sulfonamides is 1. The van der Waals surface area contributed by atoms with Crippen LogP contribution in [0.4, 0.5) is 10.5 Å². The Morgan fingerprint density at radius 2 is 1.51 bits per heavy atom. The first-order valence-corrected chi connectivity index (χ1v) is 23.4. The molecule has 0 aliphatic rings. The molecule has 12 nitrogen and oxygen atoms in total. The minimum Gasteiger partial charge on any atom is -0.453 e. The molecule has 4 aromatic rings. The van der Waals surface area contributed by atoms with Gasteiger partial charge < -0.3 is 20.2 Å². The van der Waals surface area contributed by atoms with Crippen molar-refractivity contribution in [2.75, 3.05) is 13.7 Å². The molecule has 3 N–H and O–H groups in total. The molecular weight excluding hydrogens is 757 g/mol. The van der Waals surface area contributed by atoms with Crippen LogP contribution in [-0.4, -0.2) is 62.5 Å². The molecule has 1 heterocycles. The molecule has 2 amide bonds. The van der Waals surface area contributed by atoms with Crippen LogP contribution in [0.3, 0.4) is 0 Å². The maximum atomic E-state index is 14.4. The van der Waals surface area contributed by atoms with E-state index in [4.69, 9.17) is 4.74 Å². The van der Waals surface area contributed by atoms with Gasteiger partial charge in [-0.3, -0.25) is 14.9 Å². The van der Waals surface area contributed by atoms with Crippen LogP contribution >= 0.6 is 11.3 Å². The average Bonchev–Trinajstić information content (AvgIpc) is 3.62. The fourth-order valence-electron chi connectivity index (χ4n) is 6.20. The summed E-state index contributed by atoms with van der Waals surface area (Å²) in [4.78, 5) is 50.0. The van der Waals surface area contributed by atoms with Crippen molar-refractivity contribution < 1.29 is 32.5 Å². The number of thiophene rings is 1. The number of amides is 2. The molecule has 1 unspecified atom stereocenters. The number of non-ortho nitro benzene ring substituents is 1. The van der Waals surface area contributed by atoms with Gasteiger partial charge in [0.1, 0.15) is 6.04 Å². The van der Waals surface area contributed by atoms with Crippen molar-refractivity contribution in [3.8, 4) is 0 Å². The molecule has 1 aromatic heterocycles. The van der Waals surface area contributed by atoms with Gasteiger partial charge in [-0.15, -0.1) is 11.3 Å². The van der Waals surface area contributed by atoms with Gasteiger partial charge in [0.2, 0.25) is 15.9 Å². The molecule has 0 radical (unpaired) electrons. The number of nitro benzene ring substituents is 1. The molecule has 0 fully saturated rings. The smallest absolute Gasteiger partial charge is 0.407 e. The number of carbonyl (C=O) groups is 2. The van der Waals surface area contributed by atoms with E-state index in [1.165, 1.54) is 47.0 Å². The first-order valence-electron chi connectivity index (χ1n) is 18.1. The average molecular weight is 809 g/mol. The van der Waals surface area contributed by atoms with Crippen molar-refractivity contribution >= 4 is 47.4 Å². The Kier molecular flexibility index (Phi) is 14.6. The van der Waals surface area contributed by atoms with Gasteiger partial charge in [0, 0.05) is 34.3 Å². The summed E-state index contributed by atoms with van der Waals surface area (Å²) in [5.74, 6) is -1.04. The first-order chi connectivity index (χ1) is 25.9. The number of rotatable bonds is 18. The van der Waals surface area contributed by atoms with Crippen LogP contribution in [0.5, 0.6) is 0 Å². The third-order valence-electron chi connectivity index (χ3n) is 10.1. The van der Waals surface area contributed by atoms with Gasteiger partial charge in [-0.1, -0.05) is 88.4 Å². The van der Waals surface area contributed by atoms with Crippen LogP contribution < -0.4 is 10.6 Å². The SMILES string of the molecule is COC(=O)NC(C(=O)NCc1ccc([C@@H](CCC(C)(C)[Si](C)(C)O)N(CC(C)C)S(=O)(=O)c2ccc([N+](=O)[O-])cc2)s1)C(c1ccccc1)c1ccccc1. The third kappa shape index (κ3) is 11.1. The normalized spacial score (nSPS) is 13.4. The lowest BCUT2D eigenvalue weighted by Gasteiger charge is -2.38. The highest BCUT2D eigenvalue weighted by molar-refractivity contribution is 7.89. The van der Waals surface area contributed by atoms with Crippen molar-refractivity contribution in [2.45, 2.75) is 88.1 Å². The highest BCUT2D eigenvalue weighted by Gasteiger charge is 2.41. The summed E-state index contributed by atoms with van der Waals surface area (Å²) in [6.07, 6.45) is 0.175. The number of hydrogen-bond acceptors (Lipinski definition) is 9. The van der Waals surface area contributed by atoms with Gasteiger partial charge in [0.15, 0.2) is 8.32 Å². The second-order valence-electron chi connectivity index (χ2n) is 15.2. The van der Waals surface area contributed by atoms with Crippen molar-refractivity contribution in [3.63, 3.8) is 0 Å². The highest BCUT2D eigenvalue weighted by atomic mass is 32.2. The molecule has 0 saturated heterocycles. The van der Waals surface area contributed by atoms with E-state index in [0.29, 0.717) is 12.8 Å². The fourth-order valence-corrected chi connectivity index (χ4v) is 9.92. The predicted octanol–water partition coefficient (Wildman–Crippen LogP) is 7.98. The minimum atomic E-state index is -4.15. The van der Waals surface area contributed by atoms with Crippen LogP contribution in [0.15, 0.2) is 102 Å². The Labute approximate surface area is 329 Å². The number of carbonyl (C=O) groups excluding carboxylic acids is 2. The van der Waals surface area contributed by atoms with Gasteiger partial charge in [0.25, 0.3) is 5.69 Å². The molecule has 0 saturated carbocycles. The third-order valence-corrected chi connectivity index (χ3v) is 16.7. The topological polar surface area (TPSA) is 168 Å². The van der Waals surface area contributed by atoms with Gasteiger partial charge in [-0.05, 0) is 72.3 Å². The summed E-state index contributed by atoms with van der Waals surface area (Å²) >= 11 is 1.37. The summed E-state index contributed by atoms with van der Waals surface area (Å²) < 4.78 is 35.2. The van der Waals surface area contributed by atoms with Crippen LogP contribution in [0.25, 0.3) is 0 Å². The van der Waals surface area contributed by atoms with Crippen molar-refractivity contribution in [1.29, 1.82) is 0 Å². The number of nitrogens with one attached hydrogen (secondary N) is 2. The highest BCUT2D eigenvalue weighted by Crippen LogP contribution is 2.45. The van der Waals surface area contributed by atoms with Crippen molar-refractivity contribution in [3.05, 3.63) is 128 Å². The van der Waals surface area contributed by atoms with E-state index < -0.39 is 58.3 Å². The Hall–Kier alpha value is -4.41. The number of alkyl carbamates (subject to hydrolysis) is 1. The van der Waals surface area contributed by atoms with E-state index in [0.717, 1.165) is 20.9 Å². The molecule has 15 heteroatoms. The lowest BCUT2D eigenvalue weighted by atomic mass is 9.84. The number of nitro groups is 1. The van der Waals surface area contributed by atoms with E-state index >= 15 is 0 Å². The van der Waals surface area contributed by atoms with Crippen LogP contribution in [0, 0.1) is 16.0 Å². The quantitative estimate of drug-likeness (QED) is 0.0517. The predicted molar refractivity (Wildman–Crippen MR) is 218 cm³/mol. The summed E-state index contributed by atoms with van der Waals surface area (Å²) in [6, 6.07) is 25.8. The Morgan fingerprint density at radius 3 is 2.00 bits per heavy atom. The lowest BCUT2D eigenvalue weighted by molar-refractivity contribution is -0.384. The van der Waals surface area contributed by atoms with E-state index in [-0.39, 0.29) is 29.6 Å². The van der Waals surface area contributed by atoms with Crippen LogP contribution in [-0.2, 0) is 26.1 Å². The molecule has 0 aliphatic heterocycles. The van der Waals surface area contributed by atoms with Crippen molar-refractivity contribution in [2.24, 2.45) is 5.92 Å². The fraction of sp³-hybridized carbons (Fsp3) is 0.400.